The fourth-order valence-corrected chi connectivity index (χ4v) is 5.56. The van der Waals surface area contributed by atoms with Gasteiger partial charge in [0, 0.05) is 22.9 Å². The third-order valence-electron chi connectivity index (χ3n) is 7.44. The lowest BCUT2D eigenvalue weighted by atomic mass is 9.96. The molecule has 2 fully saturated rings. The van der Waals surface area contributed by atoms with Gasteiger partial charge in [0.1, 0.15) is 23.7 Å². The van der Waals surface area contributed by atoms with E-state index in [4.69, 9.17) is 42.1 Å². The Bertz CT molecular complexity index is 1310. The number of hydrogen-bond donors (Lipinski definition) is 0. The first kappa shape index (κ1) is 27.2. The summed E-state index contributed by atoms with van der Waals surface area (Å²) in [6, 6.07) is 29.0. The molecule has 6 heteroatoms. The van der Waals surface area contributed by atoms with Crippen molar-refractivity contribution in [1.29, 1.82) is 0 Å². The molecule has 0 saturated carbocycles. The number of ether oxygens (including phenoxy) is 4. The minimum Gasteiger partial charge on any atom is -0.488 e. The average molecular weight is 576 g/mol. The van der Waals surface area contributed by atoms with Crippen LogP contribution in [0.15, 0.2) is 84.9 Å². The Balaban J connectivity index is 1.14. The Labute approximate surface area is 245 Å². The van der Waals surface area contributed by atoms with Gasteiger partial charge >= 0.3 is 0 Å². The number of hydrogen-bond acceptors (Lipinski definition) is 4. The van der Waals surface area contributed by atoms with Gasteiger partial charge in [0.15, 0.2) is 0 Å². The van der Waals surface area contributed by atoms with Gasteiger partial charge in [-0.1, -0.05) is 59.6 Å². The highest BCUT2D eigenvalue weighted by molar-refractivity contribution is 6.32. The van der Waals surface area contributed by atoms with E-state index in [-0.39, 0.29) is 12.2 Å². The number of rotatable bonds is 9. The van der Waals surface area contributed by atoms with Crippen molar-refractivity contribution in [1.82, 2.24) is 0 Å². The number of benzene rings is 4. The van der Waals surface area contributed by atoms with Crippen molar-refractivity contribution >= 4 is 23.2 Å². The Hall–Kier alpha value is -3.02. The summed E-state index contributed by atoms with van der Waals surface area (Å²) in [7, 11) is 0. The lowest BCUT2D eigenvalue weighted by Gasteiger charge is -2.14. The molecule has 4 aromatic carbocycles. The SMILES string of the molecule is Clc1ccc(-c2ccc(Cl)c(Cc3ccc(O[C@@H]4CCOC4)cc3)c2)cc1Cc1ccc(O[C@@H]2CCOC2)cc1. The predicted molar refractivity (Wildman–Crippen MR) is 160 cm³/mol. The molecule has 206 valence electrons. The van der Waals surface area contributed by atoms with E-state index < -0.39 is 0 Å². The normalized spacial score (nSPS) is 18.6. The molecule has 0 N–H and O–H groups in total. The van der Waals surface area contributed by atoms with Crippen LogP contribution in [-0.4, -0.2) is 38.6 Å². The first-order valence-corrected chi connectivity index (χ1v) is 14.6. The Morgan fingerprint density at radius 1 is 0.575 bits per heavy atom. The van der Waals surface area contributed by atoms with Gasteiger partial charge in [0.25, 0.3) is 0 Å². The zero-order chi connectivity index (χ0) is 27.3. The quantitative estimate of drug-likeness (QED) is 0.202. The van der Waals surface area contributed by atoms with E-state index in [9.17, 15) is 0 Å². The first-order chi connectivity index (χ1) is 19.6. The second-order valence-corrected chi connectivity index (χ2v) is 11.3. The largest absolute Gasteiger partial charge is 0.488 e. The van der Waals surface area contributed by atoms with Crippen LogP contribution >= 0.6 is 23.2 Å². The molecule has 0 bridgehead atoms. The van der Waals surface area contributed by atoms with E-state index in [2.05, 4.69) is 48.5 Å². The van der Waals surface area contributed by atoms with Crippen LogP contribution in [0.5, 0.6) is 11.5 Å². The molecule has 0 amide bonds. The topological polar surface area (TPSA) is 36.9 Å². The van der Waals surface area contributed by atoms with Gasteiger partial charge in [-0.3, -0.25) is 0 Å². The Morgan fingerprint density at radius 2 is 1.00 bits per heavy atom. The highest BCUT2D eigenvalue weighted by atomic mass is 35.5. The molecule has 2 saturated heterocycles. The van der Waals surface area contributed by atoms with Crippen molar-refractivity contribution in [3.63, 3.8) is 0 Å². The molecule has 6 rings (SSSR count). The molecule has 2 heterocycles. The zero-order valence-electron chi connectivity index (χ0n) is 22.3. The van der Waals surface area contributed by atoms with Gasteiger partial charge in [-0.25, -0.2) is 0 Å². The van der Waals surface area contributed by atoms with Gasteiger partial charge in [-0.15, -0.1) is 0 Å². The molecule has 2 aliphatic rings. The molecular formula is C34H32Cl2O4. The van der Waals surface area contributed by atoms with Gasteiger partial charge in [0.2, 0.25) is 0 Å². The summed E-state index contributed by atoms with van der Waals surface area (Å²) < 4.78 is 22.8. The van der Waals surface area contributed by atoms with Crippen molar-refractivity contribution < 1.29 is 18.9 Å². The van der Waals surface area contributed by atoms with Crippen LogP contribution in [-0.2, 0) is 22.3 Å². The van der Waals surface area contributed by atoms with E-state index >= 15 is 0 Å². The molecular weight excluding hydrogens is 543 g/mol. The van der Waals surface area contributed by atoms with E-state index in [0.29, 0.717) is 13.2 Å². The van der Waals surface area contributed by atoms with Crippen LogP contribution in [0.3, 0.4) is 0 Å². The summed E-state index contributed by atoms with van der Waals surface area (Å²) >= 11 is 13.3. The molecule has 40 heavy (non-hydrogen) atoms. The van der Waals surface area contributed by atoms with Crippen molar-refractivity contribution in [3.8, 4) is 22.6 Å². The number of halogens is 2. The van der Waals surface area contributed by atoms with Crippen molar-refractivity contribution in [2.75, 3.05) is 26.4 Å². The van der Waals surface area contributed by atoms with Crippen molar-refractivity contribution in [3.05, 3.63) is 117 Å². The minimum absolute atomic E-state index is 0.145. The summed E-state index contributed by atoms with van der Waals surface area (Å²) in [4.78, 5) is 0. The molecule has 4 nitrogen and oxygen atoms in total. The van der Waals surface area contributed by atoms with Gasteiger partial charge in [-0.05, 0) is 94.8 Å². The fourth-order valence-electron chi connectivity index (χ4n) is 5.19. The molecule has 0 aliphatic carbocycles. The molecule has 2 aliphatic heterocycles. The summed E-state index contributed by atoms with van der Waals surface area (Å²) in [5.41, 5.74) is 6.74. The zero-order valence-corrected chi connectivity index (χ0v) is 23.8. The van der Waals surface area contributed by atoms with E-state index in [1.165, 1.54) is 11.1 Å². The van der Waals surface area contributed by atoms with Crippen molar-refractivity contribution in [2.45, 2.75) is 37.9 Å². The summed E-state index contributed by atoms with van der Waals surface area (Å²) in [5.74, 6) is 1.75. The van der Waals surface area contributed by atoms with Crippen LogP contribution < -0.4 is 9.47 Å². The maximum atomic E-state index is 6.63. The van der Waals surface area contributed by atoms with Gasteiger partial charge < -0.3 is 18.9 Å². The van der Waals surface area contributed by atoms with Crippen LogP contribution in [0.4, 0.5) is 0 Å². The molecule has 4 aromatic rings. The third kappa shape index (κ3) is 6.82. The fraction of sp³-hybridized carbons (Fsp3) is 0.294. The maximum absolute atomic E-state index is 6.63. The second kappa shape index (κ2) is 12.7. The summed E-state index contributed by atoms with van der Waals surface area (Å²) in [6.45, 7) is 2.86. The molecule has 0 radical (unpaired) electrons. The maximum Gasteiger partial charge on any atom is 0.124 e. The predicted octanol–water partition coefficient (Wildman–Crippen LogP) is 8.18. The van der Waals surface area contributed by atoms with Gasteiger partial charge in [0.05, 0.1) is 26.4 Å². The average Bonchev–Trinajstić information content (AvgIpc) is 3.68. The lowest BCUT2D eigenvalue weighted by molar-refractivity contribution is 0.141. The van der Waals surface area contributed by atoms with E-state index in [0.717, 1.165) is 82.7 Å². The molecule has 0 unspecified atom stereocenters. The first-order valence-electron chi connectivity index (χ1n) is 13.8. The monoisotopic (exact) mass is 574 g/mol. The van der Waals surface area contributed by atoms with Crippen LogP contribution in [0.2, 0.25) is 10.0 Å². The summed E-state index contributed by atoms with van der Waals surface area (Å²) in [6.07, 6.45) is 3.64. The Kier molecular flexibility index (Phi) is 8.59. The minimum atomic E-state index is 0.145. The van der Waals surface area contributed by atoms with Crippen molar-refractivity contribution in [2.24, 2.45) is 0 Å². The van der Waals surface area contributed by atoms with Gasteiger partial charge in [-0.2, -0.15) is 0 Å². The van der Waals surface area contributed by atoms with E-state index in [1.807, 2.05) is 36.4 Å². The molecule has 2 atom stereocenters. The third-order valence-corrected chi connectivity index (χ3v) is 8.18. The van der Waals surface area contributed by atoms with Crippen LogP contribution in [0.25, 0.3) is 11.1 Å². The highest BCUT2D eigenvalue weighted by Gasteiger charge is 2.18. The Morgan fingerprint density at radius 3 is 1.38 bits per heavy atom. The second-order valence-electron chi connectivity index (χ2n) is 10.5. The van der Waals surface area contributed by atoms with Crippen LogP contribution in [0.1, 0.15) is 35.1 Å². The van der Waals surface area contributed by atoms with Crippen LogP contribution in [0, 0.1) is 0 Å². The molecule has 0 spiro atoms. The lowest BCUT2D eigenvalue weighted by Crippen LogP contribution is -2.15. The smallest absolute Gasteiger partial charge is 0.124 e. The highest BCUT2D eigenvalue weighted by Crippen LogP contribution is 2.31. The van der Waals surface area contributed by atoms with E-state index in [1.54, 1.807) is 0 Å². The standard InChI is InChI=1S/C34H32Cl2O4/c35-33-11-5-25(19-27(33)17-23-1-7-29(8-2-23)39-31-13-15-37-21-31)26-6-12-34(36)28(20-26)18-24-3-9-30(10-4-24)40-32-14-16-38-22-32/h1-12,19-20,31-32H,13-18,21-22H2/t31-,32-/m1/s1. The molecule has 0 aromatic heterocycles. The summed E-state index contributed by atoms with van der Waals surface area (Å²) in [5, 5.41) is 1.51.